The minimum Gasteiger partial charge on any atom is -0.496 e. The summed E-state index contributed by atoms with van der Waals surface area (Å²) < 4.78 is 6.36. The topological polar surface area (TPSA) is 29.5 Å². The van der Waals surface area contributed by atoms with E-state index in [1.807, 2.05) is 36.4 Å². The van der Waals surface area contributed by atoms with Crippen molar-refractivity contribution in [2.45, 2.75) is 43.1 Å². The second-order valence-electron chi connectivity index (χ2n) is 16.3. The molecule has 0 unspecified atom stereocenters. The van der Waals surface area contributed by atoms with Gasteiger partial charge in [-0.15, -0.1) is 0 Å². The van der Waals surface area contributed by atoms with E-state index in [0.29, 0.717) is 0 Å². The number of methoxy groups -OCH3 is 1. The van der Waals surface area contributed by atoms with Gasteiger partial charge in [0.05, 0.1) is 13.7 Å². The lowest BCUT2D eigenvalue weighted by molar-refractivity contribution is 0.280. The maximum absolute atomic E-state index is 11.3. The molecule has 2 aliphatic rings. The van der Waals surface area contributed by atoms with Crippen LogP contribution in [0, 0.1) is 23.7 Å². The van der Waals surface area contributed by atoms with E-state index >= 15 is 0 Å². The molecule has 0 amide bonds. The van der Waals surface area contributed by atoms with Crippen LogP contribution in [0.3, 0.4) is 0 Å². The molecule has 0 heterocycles. The van der Waals surface area contributed by atoms with Crippen LogP contribution in [0.2, 0.25) is 0 Å². The summed E-state index contributed by atoms with van der Waals surface area (Å²) in [5.41, 5.74) is 14.7. The second kappa shape index (κ2) is 16.6. The van der Waals surface area contributed by atoms with Crippen molar-refractivity contribution in [2.24, 2.45) is 0 Å². The highest BCUT2D eigenvalue weighted by Crippen LogP contribution is 2.50. The van der Waals surface area contributed by atoms with E-state index in [1.165, 1.54) is 33.4 Å². The van der Waals surface area contributed by atoms with E-state index in [1.54, 1.807) is 7.11 Å². The van der Waals surface area contributed by atoms with Gasteiger partial charge >= 0.3 is 0 Å². The zero-order valence-corrected chi connectivity index (χ0v) is 34.9. The molecule has 0 aromatic heterocycles. The first kappa shape index (κ1) is 38.8. The number of ether oxygens (including phenoxy) is 1. The van der Waals surface area contributed by atoms with Gasteiger partial charge in [-0.05, 0) is 135 Å². The SMILES string of the molecule is COc1ccc(-c2ccc(CO)c(C3(C#Cc4ccccc4)c4ccccc4CCc4ccccc43)c2)cc1C1(C#Cc2ccccc2)c2ccccc2CCc2ccccc21. The third-order valence-electron chi connectivity index (χ3n) is 13.0. The number of hydrogen-bond donors (Lipinski definition) is 1. The standard InChI is InChI=1S/C60H46O2/c1-62-58-35-34-50(41-57(58)60(39-37-44-18-6-3-7-19-44)54-26-14-10-22-47(54)30-31-48-23-11-15-27-55(48)60)49-32-33-51(42-61)56(40-49)59(38-36-43-16-4-2-5-17-43)52-24-12-8-20-45(52)28-29-46-21-9-13-25-53(46)59/h2-27,32-35,40-41,61H,28-31,42H2,1H3. The van der Waals surface area contributed by atoms with Gasteiger partial charge in [0.2, 0.25) is 0 Å². The minimum atomic E-state index is -0.884. The lowest BCUT2D eigenvalue weighted by Crippen LogP contribution is -2.31. The first-order chi connectivity index (χ1) is 30.6. The van der Waals surface area contributed by atoms with E-state index < -0.39 is 10.8 Å². The van der Waals surface area contributed by atoms with Crippen LogP contribution in [-0.2, 0) is 43.1 Å². The molecule has 0 spiro atoms. The predicted molar refractivity (Wildman–Crippen MR) is 251 cm³/mol. The molecule has 10 rings (SSSR count). The Hall–Kier alpha value is -7.36. The minimum absolute atomic E-state index is 0.131. The van der Waals surface area contributed by atoms with Gasteiger partial charge < -0.3 is 9.84 Å². The van der Waals surface area contributed by atoms with Gasteiger partial charge in [-0.1, -0.05) is 175 Å². The average molecular weight is 799 g/mol. The smallest absolute Gasteiger partial charge is 0.124 e. The summed E-state index contributed by atoms with van der Waals surface area (Å²) >= 11 is 0. The number of hydrogen-bond acceptors (Lipinski definition) is 2. The summed E-state index contributed by atoms with van der Waals surface area (Å²) in [6.07, 6.45) is 3.61. The Morgan fingerprint density at radius 3 is 1.21 bits per heavy atom. The summed E-state index contributed by atoms with van der Waals surface area (Å²) in [5, 5.41) is 11.3. The van der Waals surface area contributed by atoms with Crippen LogP contribution in [-0.4, -0.2) is 12.2 Å². The van der Waals surface area contributed by atoms with Crippen LogP contribution in [0.25, 0.3) is 11.1 Å². The normalized spacial score (nSPS) is 14.1. The fourth-order valence-corrected chi connectivity index (χ4v) is 10.0. The summed E-state index contributed by atoms with van der Waals surface area (Å²) in [6, 6.07) is 68.7. The largest absolute Gasteiger partial charge is 0.496 e. The van der Waals surface area contributed by atoms with Crippen molar-refractivity contribution in [1.82, 2.24) is 0 Å². The Labute approximate surface area is 365 Å². The Morgan fingerprint density at radius 1 is 0.419 bits per heavy atom. The molecule has 2 nitrogen and oxygen atoms in total. The van der Waals surface area contributed by atoms with Crippen molar-refractivity contribution in [2.75, 3.05) is 7.11 Å². The van der Waals surface area contributed by atoms with Gasteiger partial charge in [0.1, 0.15) is 16.6 Å². The molecule has 0 radical (unpaired) electrons. The molecule has 0 bridgehead atoms. The van der Waals surface area contributed by atoms with Crippen LogP contribution in [0.4, 0.5) is 0 Å². The molecule has 2 heteroatoms. The molecule has 298 valence electrons. The Balaban J connectivity index is 1.27. The molecule has 8 aromatic rings. The van der Waals surface area contributed by atoms with Gasteiger partial charge in [0.15, 0.2) is 0 Å². The number of rotatable bonds is 5. The number of aliphatic hydroxyl groups is 1. The van der Waals surface area contributed by atoms with Crippen molar-refractivity contribution in [3.63, 3.8) is 0 Å². The monoisotopic (exact) mass is 798 g/mol. The molecule has 0 saturated heterocycles. The Kier molecular flexibility index (Phi) is 10.4. The van der Waals surface area contributed by atoms with E-state index in [4.69, 9.17) is 4.74 Å². The lowest BCUT2D eigenvalue weighted by Gasteiger charge is -2.35. The molecule has 62 heavy (non-hydrogen) atoms. The molecule has 0 atom stereocenters. The molecule has 0 aliphatic heterocycles. The zero-order chi connectivity index (χ0) is 41.9. The van der Waals surface area contributed by atoms with E-state index in [2.05, 4.69) is 181 Å². The Bertz CT molecular complexity index is 2760. The molecule has 0 saturated carbocycles. The Morgan fingerprint density at radius 2 is 0.790 bits per heavy atom. The molecular weight excluding hydrogens is 753 g/mol. The van der Waals surface area contributed by atoms with Crippen LogP contribution in [0.15, 0.2) is 194 Å². The maximum atomic E-state index is 11.3. The zero-order valence-electron chi connectivity index (χ0n) is 34.9. The van der Waals surface area contributed by atoms with E-state index in [-0.39, 0.29) is 6.61 Å². The summed E-state index contributed by atoms with van der Waals surface area (Å²) in [5.74, 6) is 15.9. The van der Waals surface area contributed by atoms with Crippen molar-refractivity contribution < 1.29 is 9.84 Å². The van der Waals surface area contributed by atoms with E-state index in [0.717, 1.165) is 81.5 Å². The highest BCUT2D eigenvalue weighted by Gasteiger charge is 2.43. The van der Waals surface area contributed by atoms with Gasteiger partial charge in [0, 0.05) is 16.7 Å². The quantitative estimate of drug-likeness (QED) is 0.176. The van der Waals surface area contributed by atoms with Gasteiger partial charge in [-0.25, -0.2) is 0 Å². The first-order valence-electron chi connectivity index (χ1n) is 21.6. The van der Waals surface area contributed by atoms with Crippen molar-refractivity contribution in [3.05, 3.63) is 266 Å². The summed E-state index contributed by atoms with van der Waals surface area (Å²) in [6.45, 7) is -0.131. The fraction of sp³-hybridized carbons (Fsp3) is 0.133. The van der Waals surface area contributed by atoms with Crippen molar-refractivity contribution in [3.8, 4) is 40.6 Å². The van der Waals surface area contributed by atoms with E-state index in [9.17, 15) is 5.11 Å². The predicted octanol–water partition coefficient (Wildman–Crippen LogP) is 11.8. The third-order valence-corrected chi connectivity index (χ3v) is 13.0. The lowest BCUT2D eigenvalue weighted by atomic mass is 9.66. The van der Waals surface area contributed by atoms with Gasteiger partial charge in [-0.3, -0.25) is 0 Å². The maximum Gasteiger partial charge on any atom is 0.124 e. The summed E-state index contributed by atoms with van der Waals surface area (Å²) in [4.78, 5) is 0. The molecule has 0 fully saturated rings. The molecule has 1 N–H and O–H groups in total. The van der Waals surface area contributed by atoms with Crippen LogP contribution in [0.5, 0.6) is 5.75 Å². The highest BCUT2D eigenvalue weighted by atomic mass is 16.5. The summed E-state index contributed by atoms with van der Waals surface area (Å²) in [7, 11) is 1.76. The van der Waals surface area contributed by atoms with Crippen LogP contribution < -0.4 is 4.74 Å². The molecule has 2 aliphatic carbocycles. The average Bonchev–Trinajstić information content (AvgIpc) is 3.58. The van der Waals surface area contributed by atoms with Crippen molar-refractivity contribution in [1.29, 1.82) is 0 Å². The number of aryl methyl sites for hydroxylation is 4. The first-order valence-corrected chi connectivity index (χ1v) is 21.6. The second-order valence-corrected chi connectivity index (χ2v) is 16.3. The fourth-order valence-electron chi connectivity index (χ4n) is 10.0. The molecule has 8 aromatic carbocycles. The number of aliphatic hydroxyl groups excluding tert-OH is 1. The van der Waals surface area contributed by atoms with Crippen LogP contribution >= 0.6 is 0 Å². The van der Waals surface area contributed by atoms with Crippen molar-refractivity contribution >= 4 is 0 Å². The van der Waals surface area contributed by atoms with Gasteiger partial charge in [0.25, 0.3) is 0 Å². The molecular formula is C60H46O2. The number of fused-ring (bicyclic) bond motifs is 4. The highest BCUT2D eigenvalue weighted by molar-refractivity contribution is 5.76. The third kappa shape index (κ3) is 6.71. The van der Waals surface area contributed by atoms with Gasteiger partial charge in [-0.2, -0.15) is 0 Å². The van der Waals surface area contributed by atoms with Crippen LogP contribution in [0.1, 0.15) is 72.3 Å². The number of benzene rings is 8.